The summed E-state index contributed by atoms with van der Waals surface area (Å²) in [7, 11) is 0. The van der Waals surface area contributed by atoms with Gasteiger partial charge in [0.2, 0.25) is 0 Å². The van der Waals surface area contributed by atoms with Gasteiger partial charge in [-0.2, -0.15) is 0 Å². The molecule has 1 aliphatic rings. The average Bonchev–Trinajstić information content (AvgIpc) is 3.34. The quantitative estimate of drug-likeness (QED) is 0.316. The van der Waals surface area contributed by atoms with Gasteiger partial charge in [0.1, 0.15) is 11.6 Å². The number of halogens is 1. The zero-order chi connectivity index (χ0) is 23.0. The molecule has 32 heavy (non-hydrogen) atoms. The lowest BCUT2D eigenvalue weighted by atomic mass is 10.1. The summed E-state index contributed by atoms with van der Waals surface area (Å²) in [4.78, 5) is 39.1. The molecule has 6 nitrogen and oxygen atoms in total. The van der Waals surface area contributed by atoms with Crippen molar-refractivity contribution in [3.63, 3.8) is 0 Å². The van der Waals surface area contributed by atoms with Gasteiger partial charge in [-0.25, -0.2) is 9.59 Å². The zero-order valence-electron chi connectivity index (χ0n) is 18.1. The number of fused-ring (bicyclic) bond motifs is 3. The molecule has 1 unspecified atom stereocenters. The number of benzene rings is 2. The summed E-state index contributed by atoms with van der Waals surface area (Å²) < 4.78 is 13.8. The van der Waals surface area contributed by atoms with Gasteiger partial charge in [0.15, 0.2) is 12.4 Å². The van der Waals surface area contributed by atoms with Crippen LogP contribution in [-0.2, 0) is 14.3 Å². The molecule has 1 amide bonds. The molecule has 0 N–H and O–H groups in total. The number of hydrogen-bond donors (Lipinski definition) is 0. The van der Waals surface area contributed by atoms with Crippen LogP contribution in [0.1, 0.15) is 44.0 Å². The lowest BCUT2D eigenvalue weighted by Crippen LogP contribution is -2.44. The number of hydrogen-bond acceptors (Lipinski definition) is 6. The number of Topliss-reactive ketones (excluding diaryl/α,β-unsaturated/α-hetero) is 1. The first-order valence-electron chi connectivity index (χ1n) is 10.4. The minimum atomic E-state index is -0.721. The van der Waals surface area contributed by atoms with Crippen LogP contribution >= 0.6 is 27.3 Å². The molecule has 0 spiro atoms. The molecule has 1 saturated heterocycles. The molecule has 2 aromatic carbocycles. The van der Waals surface area contributed by atoms with Crippen molar-refractivity contribution in [2.75, 3.05) is 13.2 Å². The number of ether oxygens (including phenoxy) is 2. The SMILES string of the molecule is CC(C)(C)OC(=O)N1CCCC1C(=O)OCC(=O)c1ccc2c(c1)sc1cc(Br)ccc12. The maximum absolute atomic E-state index is 12.7. The molecule has 168 valence electrons. The van der Waals surface area contributed by atoms with Crippen molar-refractivity contribution >= 4 is 65.3 Å². The second kappa shape index (κ2) is 8.83. The van der Waals surface area contributed by atoms with Crippen LogP contribution in [0, 0.1) is 0 Å². The summed E-state index contributed by atoms with van der Waals surface area (Å²) in [6.07, 6.45) is 0.645. The largest absolute Gasteiger partial charge is 0.456 e. The summed E-state index contributed by atoms with van der Waals surface area (Å²) >= 11 is 5.10. The van der Waals surface area contributed by atoms with Crippen molar-refractivity contribution in [1.29, 1.82) is 0 Å². The molecular formula is C24H24BrNO5S. The van der Waals surface area contributed by atoms with Crippen molar-refractivity contribution in [2.45, 2.75) is 45.3 Å². The van der Waals surface area contributed by atoms with E-state index in [0.29, 0.717) is 24.9 Å². The highest BCUT2D eigenvalue weighted by molar-refractivity contribution is 9.10. The Morgan fingerprint density at radius 2 is 1.78 bits per heavy atom. The van der Waals surface area contributed by atoms with Gasteiger partial charge < -0.3 is 9.47 Å². The van der Waals surface area contributed by atoms with E-state index in [1.54, 1.807) is 38.2 Å². The fourth-order valence-corrected chi connectivity index (χ4v) is 5.49. The van der Waals surface area contributed by atoms with Crippen molar-refractivity contribution in [3.8, 4) is 0 Å². The van der Waals surface area contributed by atoms with E-state index in [9.17, 15) is 14.4 Å². The van der Waals surface area contributed by atoms with Crippen LogP contribution in [0.5, 0.6) is 0 Å². The molecule has 3 aromatic rings. The highest BCUT2D eigenvalue weighted by Crippen LogP contribution is 2.36. The smallest absolute Gasteiger partial charge is 0.411 e. The molecular weight excluding hydrogens is 494 g/mol. The van der Waals surface area contributed by atoms with Crippen LogP contribution in [0.4, 0.5) is 4.79 Å². The minimum Gasteiger partial charge on any atom is -0.456 e. The zero-order valence-corrected chi connectivity index (χ0v) is 20.5. The highest BCUT2D eigenvalue weighted by atomic mass is 79.9. The lowest BCUT2D eigenvalue weighted by molar-refractivity contribution is -0.147. The Balaban J connectivity index is 1.42. The second-order valence-corrected chi connectivity index (χ2v) is 10.8. The number of likely N-dealkylation sites (tertiary alicyclic amines) is 1. The van der Waals surface area contributed by atoms with Gasteiger partial charge in [0, 0.05) is 36.8 Å². The van der Waals surface area contributed by atoms with Gasteiger partial charge in [-0.05, 0) is 51.8 Å². The van der Waals surface area contributed by atoms with Crippen LogP contribution in [-0.4, -0.2) is 47.5 Å². The summed E-state index contributed by atoms with van der Waals surface area (Å²) in [5.74, 6) is -0.852. The van der Waals surface area contributed by atoms with Gasteiger partial charge in [-0.15, -0.1) is 11.3 Å². The number of nitrogens with zero attached hydrogens (tertiary/aromatic N) is 1. The van der Waals surface area contributed by atoms with E-state index in [1.807, 2.05) is 18.2 Å². The Morgan fingerprint density at radius 1 is 1.09 bits per heavy atom. The van der Waals surface area contributed by atoms with Crippen molar-refractivity contribution in [3.05, 3.63) is 46.4 Å². The van der Waals surface area contributed by atoms with E-state index in [2.05, 4.69) is 28.1 Å². The lowest BCUT2D eigenvalue weighted by Gasteiger charge is -2.27. The van der Waals surface area contributed by atoms with Crippen LogP contribution < -0.4 is 0 Å². The fraction of sp³-hybridized carbons (Fsp3) is 0.375. The number of rotatable bonds is 4. The summed E-state index contributed by atoms with van der Waals surface area (Å²) in [5.41, 5.74) is -0.155. The molecule has 1 atom stereocenters. The van der Waals surface area contributed by atoms with Crippen molar-refractivity contribution in [2.24, 2.45) is 0 Å². The van der Waals surface area contributed by atoms with Gasteiger partial charge in [0.25, 0.3) is 0 Å². The molecule has 1 fully saturated rings. The summed E-state index contributed by atoms with van der Waals surface area (Å²) in [6, 6.07) is 10.9. The predicted molar refractivity (Wildman–Crippen MR) is 128 cm³/mol. The van der Waals surface area contributed by atoms with E-state index in [4.69, 9.17) is 9.47 Å². The monoisotopic (exact) mass is 517 g/mol. The number of amides is 1. The van der Waals surface area contributed by atoms with Crippen LogP contribution in [0.2, 0.25) is 0 Å². The highest BCUT2D eigenvalue weighted by Gasteiger charge is 2.37. The Labute approximate surface area is 198 Å². The van der Waals surface area contributed by atoms with Crippen LogP contribution in [0.15, 0.2) is 40.9 Å². The Hall–Kier alpha value is -2.45. The number of thiophene rings is 1. The first kappa shape index (κ1) is 22.7. The molecule has 0 radical (unpaired) electrons. The predicted octanol–water partition coefficient (Wildman–Crippen LogP) is 5.94. The standard InChI is InChI=1S/C24H24BrNO5S/c1-24(2,3)31-23(29)26-10-4-5-18(26)22(28)30-13-19(27)14-6-8-16-17-9-7-15(25)12-21(17)32-20(16)11-14/h6-9,11-12,18H,4-5,10,13H2,1-3H3. The van der Waals surface area contributed by atoms with Crippen molar-refractivity contribution < 1.29 is 23.9 Å². The molecule has 0 aliphatic carbocycles. The van der Waals surface area contributed by atoms with Crippen LogP contribution in [0.25, 0.3) is 20.2 Å². The topological polar surface area (TPSA) is 72.9 Å². The number of carbonyl (C=O) groups excluding carboxylic acids is 3. The number of ketones is 1. The van der Waals surface area contributed by atoms with Crippen molar-refractivity contribution in [1.82, 2.24) is 4.90 Å². The van der Waals surface area contributed by atoms with E-state index in [-0.39, 0.29) is 12.4 Å². The molecule has 0 bridgehead atoms. The molecule has 2 heterocycles. The second-order valence-electron chi connectivity index (χ2n) is 8.82. The molecule has 4 rings (SSSR count). The number of carbonyl (C=O) groups is 3. The molecule has 8 heteroatoms. The van der Waals surface area contributed by atoms with E-state index in [0.717, 1.165) is 24.6 Å². The van der Waals surface area contributed by atoms with E-state index in [1.165, 1.54) is 4.90 Å². The molecule has 0 saturated carbocycles. The third-order valence-corrected chi connectivity index (χ3v) is 6.86. The molecule has 1 aromatic heterocycles. The van der Waals surface area contributed by atoms with Crippen LogP contribution in [0.3, 0.4) is 0 Å². The van der Waals surface area contributed by atoms with E-state index >= 15 is 0 Å². The Kier molecular flexibility index (Phi) is 6.27. The number of esters is 1. The van der Waals surface area contributed by atoms with Gasteiger partial charge >= 0.3 is 12.1 Å². The minimum absolute atomic E-state index is 0.277. The van der Waals surface area contributed by atoms with E-state index < -0.39 is 23.7 Å². The first-order chi connectivity index (χ1) is 15.1. The normalized spacial score (nSPS) is 16.5. The maximum Gasteiger partial charge on any atom is 0.411 e. The van der Waals surface area contributed by atoms with Gasteiger partial charge in [0.05, 0.1) is 0 Å². The Bertz CT molecular complexity index is 1210. The first-order valence-corrected chi connectivity index (χ1v) is 12.0. The average molecular weight is 518 g/mol. The maximum atomic E-state index is 12.7. The van der Waals surface area contributed by atoms with Gasteiger partial charge in [-0.1, -0.05) is 34.1 Å². The Morgan fingerprint density at radius 3 is 2.50 bits per heavy atom. The summed E-state index contributed by atoms with van der Waals surface area (Å²) in [6.45, 7) is 5.40. The third-order valence-electron chi connectivity index (χ3n) is 5.26. The van der Waals surface area contributed by atoms with Gasteiger partial charge in [-0.3, -0.25) is 9.69 Å². The molecule has 1 aliphatic heterocycles. The summed E-state index contributed by atoms with van der Waals surface area (Å²) in [5, 5.41) is 2.23. The third kappa shape index (κ3) is 4.81. The fourth-order valence-electron chi connectivity index (χ4n) is 3.79.